The molecule has 1 aromatic heterocycles. The Labute approximate surface area is 196 Å². The van der Waals surface area contributed by atoms with E-state index in [1.807, 2.05) is 15.9 Å². The number of furan rings is 1. The van der Waals surface area contributed by atoms with E-state index in [-0.39, 0.29) is 16.5 Å². The Bertz CT molecular complexity index is 1030. The summed E-state index contributed by atoms with van der Waals surface area (Å²) in [6.45, 7) is 4.98. The van der Waals surface area contributed by atoms with Gasteiger partial charge in [-0.2, -0.15) is 0 Å². The van der Waals surface area contributed by atoms with Crippen LogP contribution in [0.1, 0.15) is 5.76 Å². The molecular formula is C22H25N5O5S. The number of morpholine rings is 1. The van der Waals surface area contributed by atoms with Gasteiger partial charge in [-0.1, -0.05) is 0 Å². The van der Waals surface area contributed by atoms with Crippen LogP contribution in [0.4, 0.5) is 17.1 Å². The molecule has 0 atom stereocenters. The van der Waals surface area contributed by atoms with Crippen molar-refractivity contribution in [3.8, 4) is 0 Å². The van der Waals surface area contributed by atoms with Crippen LogP contribution in [-0.4, -0.2) is 73.3 Å². The molecule has 3 heterocycles. The number of carbonyl (C=O) groups is 1. The maximum Gasteiger partial charge on any atom is 0.292 e. The molecule has 11 heteroatoms. The van der Waals surface area contributed by atoms with Gasteiger partial charge in [0.1, 0.15) is 11.4 Å². The lowest BCUT2D eigenvalue weighted by Crippen LogP contribution is -2.52. The minimum absolute atomic E-state index is 0.103. The third kappa shape index (κ3) is 5.68. The number of ether oxygens (including phenoxy) is 1. The fourth-order valence-corrected chi connectivity index (χ4v) is 4.14. The Kier molecular flexibility index (Phi) is 7.20. The monoisotopic (exact) mass is 471 g/mol. The lowest BCUT2D eigenvalue weighted by molar-refractivity contribution is -0.384. The number of nitro benzene ring substituents is 1. The fourth-order valence-electron chi connectivity index (χ4n) is 3.86. The zero-order valence-electron chi connectivity index (χ0n) is 18.0. The first-order valence-electron chi connectivity index (χ1n) is 10.7. The maximum absolute atomic E-state index is 12.1. The van der Waals surface area contributed by atoms with Gasteiger partial charge >= 0.3 is 0 Å². The average Bonchev–Trinajstić information content (AvgIpc) is 3.37. The minimum atomic E-state index is -0.339. The first kappa shape index (κ1) is 22.7. The van der Waals surface area contributed by atoms with Crippen LogP contribution in [0.2, 0.25) is 0 Å². The molecule has 0 saturated carbocycles. The summed E-state index contributed by atoms with van der Waals surface area (Å²) in [7, 11) is 0. The number of nitrogens with one attached hydrogen (secondary N) is 1. The number of anilines is 2. The van der Waals surface area contributed by atoms with E-state index in [0.29, 0.717) is 69.0 Å². The molecule has 2 aliphatic rings. The largest absolute Gasteiger partial charge is 0.465 e. The molecule has 0 radical (unpaired) electrons. The van der Waals surface area contributed by atoms with Crippen molar-refractivity contribution in [2.24, 2.45) is 0 Å². The SMILES string of the molecule is O=C(/C=C/c1ccco1)NC(=S)N1CCN(c2ccc([N+](=O)[O-])c(N3CCOCC3)c2)CC1. The van der Waals surface area contributed by atoms with Gasteiger partial charge in [0.2, 0.25) is 5.91 Å². The molecule has 2 saturated heterocycles. The Morgan fingerprint density at radius 2 is 1.85 bits per heavy atom. The molecule has 2 fully saturated rings. The Balaban J connectivity index is 1.35. The summed E-state index contributed by atoms with van der Waals surface area (Å²) in [6.07, 6.45) is 4.50. The minimum Gasteiger partial charge on any atom is -0.465 e. The number of hydrogen-bond acceptors (Lipinski definition) is 8. The van der Waals surface area contributed by atoms with E-state index < -0.39 is 0 Å². The van der Waals surface area contributed by atoms with Crippen LogP contribution in [0.5, 0.6) is 0 Å². The summed E-state index contributed by atoms with van der Waals surface area (Å²) in [5.74, 6) is 0.272. The summed E-state index contributed by atoms with van der Waals surface area (Å²) in [6, 6.07) is 8.75. The molecule has 174 valence electrons. The van der Waals surface area contributed by atoms with Gasteiger partial charge in [0, 0.05) is 57.1 Å². The predicted molar refractivity (Wildman–Crippen MR) is 128 cm³/mol. The van der Waals surface area contributed by atoms with Crippen molar-refractivity contribution in [3.63, 3.8) is 0 Å². The predicted octanol–water partition coefficient (Wildman–Crippen LogP) is 2.26. The van der Waals surface area contributed by atoms with Gasteiger partial charge in [-0.05, 0) is 42.6 Å². The van der Waals surface area contributed by atoms with Crippen molar-refractivity contribution in [1.29, 1.82) is 0 Å². The smallest absolute Gasteiger partial charge is 0.292 e. The molecule has 0 spiro atoms. The van der Waals surface area contributed by atoms with E-state index in [1.165, 1.54) is 12.3 Å². The average molecular weight is 472 g/mol. The van der Waals surface area contributed by atoms with E-state index in [9.17, 15) is 14.9 Å². The van der Waals surface area contributed by atoms with Gasteiger partial charge in [-0.15, -0.1) is 0 Å². The van der Waals surface area contributed by atoms with Crippen molar-refractivity contribution < 1.29 is 18.9 Å². The number of nitro groups is 1. The number of amides is 1. The van der Waals surface area contributed by atoms with Crippen molar-refractivity contribution in [3.05, 3.63) is 58.5 Å². The molecule has 0 aliphatic carbocycles. The highest BCUT2D eigenvalue weighted by atomic mass is 32.1. The molecule has 0 bridgehead atoms. The highest BCUT2D eigenvalue weighted by Crippen LogP contribution is 2.33. The summed E-state index contributed by atoms with van der Waals surface area (Å²) >= 11 is 5.40. The van der Waals surface area contributed by atoms with Crippen LogP contribution >= 0.6 is 12.2 Å². The molecule has 0 unspecified atom stereocenters. The third-order valence-corrected chi connectivity index (χ3v) is 5.97. The number of rotatable bonds is 5. The van der Waals surface area contributed by atoms with Crippen LogP contribution in [-0.2, 0) is 9.53 Å². The fraction of sp³-hybridized carbons (Fsp3) is 0.364. The highest BCUT2D eigenvalue weighted by Gasteiger charge is 2.25. The quantitative estimate of drug-likeness (QED) is 0.304. The number of thiocarbonyl (C=S) groups is 1. The van der Waals surface area contributed by atoms with E-state index in [2.05, 4.69) is 10.2 Å². The van der Waals surface area contributed by atoms with Crippen LogP contribution in [0.25, 0.3) is 6.08 Å². The van der Waals surface area contributed by atoms with Crippen LogP contribution < -0.4 is 15.1 Å². The molecule has 10 nitrogen and oxygen atoms in total. The van der Waals surface area contributed by atoms with Gasteiger partial charge in [-0.25, -0.2) is 0 Å². The zero-order chi connectivity index (χ0) is 23.2. The van der Waals surface area contributed by atoms with Crippen LogP contribution in [0.15, 0.2) is 47.1 Å². The first-order chi connectivity index (χ1) is 16.0. The van der Waals surface area contributed by atoms with Crippen molar-refractivity contribution in [2.45, 2.75) is 0 Å². The molecule has 4 rings (SSSR count). The second-order valence-corrected chi connectivity index (χ2v) is 8.03. The standard InChI is InChI=1S/C22H25N5O5S/c28-21(6-4-18-2-1-13-32-18)23-22(33)26-9-7-24(8-10-26)17-3-5-19(27(29)30)20(16-17)25-11-14-31-15-12-25/h1-6,13,16H,7-12,14-15H2,(H,23,28,33)/b6-4+. The van der Waals surface area contributed by atoms with Gasteiger partial charge < -0.3 is 23.9 Å². The number of nitrogens with zero attached hydrogens (tertiary/aromatic N) is 4. The molecular weight excluding hydrogens is 446 g/mol. The molecule has 2 aliphatic heterocycles. The Morgan fingerprint density at radius 3 is 2.52 bits per heavy atom. The number of piperazine rings is 1. The second kappa shape index (κ2) is 10.5. The van der Waals surface area contributed by atoms with Gasteiger partial charge in [-0.3, -0.25) is 20.2 Å². The third-order valence-electron chi connectivity index (χ3n) is 5.61. The molecule has 1 amide bonds. The van der Waals surface area contributed by atoms with Crippen LogP contribution in [0.3, 0.4) is 0 Å². The van der Waals surface area contributed by atoms with E-state index >= 15 is 0 Å². The summed E-state index contributed by atoms with van der Waals surface area (Å²) < 4.78 is 10.5. The van der Waals surface area contributed by atoms with Crippen molar-refractivity contribution in [1.82, 2.24) is 10.2 Å². The van der Waals surface area contributed by atoms with Gasteiger partial charge in [0.25, 0.3) is 5.69 Å². The van der Waals surface area contributed by atoms with Gasteiger partial charge in [0.05, 0.1) is 24.4 Å². The molecule has 1 N–H and O–H groups in total. The summed E-state index contributed by atoms with van der Waals surface area (Å²) in [5.41, 5.74) is 1.65. The summed E-state index contributed by atoms with van der Waals surface area (Å²) in [5, 5.41) is 14.6. The van der Waals surface area contributed by atoms with Crippen molar-refractivity contribution >= 4 is 46.4 Å². The second-order valence-electron chi connectivity index (χ2n) is 7.65. The maximum atomic E-state index is 12.1. The lowest BCUT2D eigenvalue weighted by atomic mass is 10.1. The lowest BCUT2D eigenvalue weighted by Gasteiger charge is -2.37. The zero-order valence-corrected chi connectivity index (χ0v) is 18.8. The first-order valence-corrected chi connectivity index (χ1v) is 11.1. The number of hydrogen-bond donors (Lipinski definition) is 1. The number of carbonyl (C=O) groups excluding carboxylic acids is 1. The molecule has 33 heavy (non-hydrogen) atoms. The molecule has 1 aromatic carbocycles. The normalized spacial score (nSPS) is 16.8. The van der Waals surface area contributed by atoms with Crippen molar-refractivity contribution in [2.75, 3.05) is 62.3 Å². The van der Waals surface area contributed by atoms with Crippen LogP contribution in [0, 0.1) is 10.1 Å². The highest BCUT2D eigenvalue weighted by molar-refractivity contribution is 7.80. The Morgan fingerprint density at radius 1 is 1.09 bits per heavy atom. The van der Waals surface area contributed by atoms with E-state index in [4.69, 9.17) is 21.4 Å². The van der Waals surface area contributed by atoms with Gasteiger partial charge in [0.15, 0.2) is 5.11 Å². The topological polar surface area (TPSA) is 104 Å². The van der Waals surface area contributed by atoms with E-state index in [0.717, 1.165) is 5.69 Å². The number of benzene rings is 1. The molecule has 2 aromatic rings. The Hall–Kier alpha value is -3.44. The summed E-state index contributed by atoms with van der Waals surface area (Å²) in [4.78, 5) is 29.4. The van der Waals surface area contributed by atoms with E-state index in [1.54, 1.807) is 30.3 Å².